The van der Waals surface area contributed by atoms with Crippen LogP contribution in [0.15, 0.2) is 0 Å². The molecule has 1 aliphatic rings. The summed E-state index contributed by atoms with van der Waals surface area (Å²) >= 11 is 2.05. The van der Waals surface area contributed by atoms with Gasteiger partial charge in [0.25, 0.3) is 0 Å². The molecule has 15 heavy (non-hydrogen) atoms. The summed E-state index contributed by atoms with van der Waals surface area (Å²) in [5.41, 5.74) is 5.91. The molecule has 0 aromatic heterocycles. The molecular formula is C11H24N2OS. The molecule has 0 radical (unpaired) electrons. The summed E-state index contributed by atoms with van der Waals surface area (Å²) in [4.78, 5) is 2.49. The fourth-order valence-electron chi connectivity index (χ4n) is 1.91. The Morgan fingerprint density at radius 1 is 1.60 bits per heavy atom. The van der Waals surface area contributed by atoms with Crippen molar-refractivity contribution in [3.63, 3.8) is 0 Å². The van der Waals surface area contributed by atoms with Crippen molar-refractivity contribution in [1.29, 1.82) is 0 Å². The zero-order valence-electron chi connectivity index (χ0n) is 10.2. The fraction of sp³-hybridized carbons (Fsp3) is 1.00. The molecule has 2 N–H and O–H groups in total. The van der Waals surface area contributed by atoms with Gasteiger partial charge in [-0.3, -0.25) is 4.90 Å². The first-order valence-electron chi connectivity index (χ1n) is 5.77. The zero-order valence-corrected chi connectivity index (χ0v) is 11.0. The van der Waals surface area contributed by atoms with E-state index in [2.05, 4.69) is 18.7 Å². The first kappa shape index (κ1) is 13.3. The van der Waals surface area contributed by atoms with Crippen LogP contribution in [0.25, 0.3) is 0 Å². The minimum absolute atomic E-state index is 0.0191. The second-order valence-electron chi connectivity index (χ2n) is 4.47. The average molecular weight is 232 g/mol. The lowest BCUT2D eigenvalue weighted by molar-refractivity contribution is 0.0125. The summed E-state index contributed by atoms with van der Waals surface area (Å²) in [5.74, 6) is 1.21. The normalized spacial score (nSPS) is 27.6. The van der Waals surface area contributed by atoms with Gasteiger partial charge < -0.3 is 10.5 Å². The van der Waals surface area contributed by atoms with Gasteiger partial charge in [-0.15, -0.1) is 0 Å². The number of rotatable bonds is 5. The van der Waals surface area contributed by atoms with Gasteiger partial charge in [0.1, 0.15) is 0 Å². The lowest BCUT2D eigenvalue weighted by Crippen LogP contribution is -2.58. The van der Waals surface area contributed by atoms with Gasteiger partial charge >= 0.3 is 0 Å². The van der Waals surface area contributed by atoms with Crippen molar-refractivity contribution in [2.75, 3.05) is 38.6 Å². The number of nitrogens with zero attached hydrogens (tertiary/aromatic N) is 1. The first-order chi connectivity index (χ1) is 7.12. The molecule has 0 bridgehead atoms. The van der Waals surface area contributed by atoms with Gasteiger partial charge in [0.15, 0.2) is 0 Å². The van der Waals surface area contributed by atoms with E-state index in [1.54, 1.807) is 0 Å². The lowest BCUT2D eigenvalue weighted by Gasteiger charge is -2.44. The van der Waals surface area contributed by atoms with Crippen molar-refractivity contribution in [3.8, 4) is 0 Å². The van der Waals surface area contributed by atoms with Crippen molar-refractivity contribution in [2.24, 2.45) is 5.73 Å². The monoisotopic (exact) mass is 232 g/mol. The predicted octanol–water partition coefficient (Wildman–Crippen LogP) is 1.18. The van der Waals surface area contributed by atoms with E-state index in [0.29, 0.717) is 11.8 Å². The maximum Gasteiger partial charge on any atom is 0.0659 e. The molecule has 1 heterocycles. The Kier molecular flexibility index (Phi) is 5.39. The van der Waals surface area contributed by atoms with Gasteiger partial charge in [0.2, 0.25) is 0 Å². The SMILES string of the molecule is CCOCC(C)(CN)N1CCSC(C)C1. The van der Waals surface area contributed by atoms with Crippen LogP contribution in [0.5, 0.6) is 0 Å². The van der Waals surface area contributed by atoms with E-state index in [0.717, 1.165) is 26.3 Å². The topological polar surface area (TPSA) is 38.5 Å². The minimum Gasteiger partial charge on any atom is -0.380 e. The van der Waals surface area contributed by atoms with Crippen molar-refractivity contribution in [1.82, 2.24) is 4.90 Å². The van der Waals surface area contributed by atoms with E-state index < -0.39 is 0 Å². The van der Waals surface area contributed by atoms with Gasteiger partial charge in [0.05, 0.1) is 12.1 Å². The molecule has 0 aromatic carbocycles. The Morgan fingerprint density at radius 3 is 2.87 bits per heavy atom. The fourth-order valence-corrected chi connectivity index (χ4v) is 2.92. The highest BCUT2D eigenvalue weighted by atomic mass is 32.2. The molecule has 0 spiro atoms. The molecule has 0 amide bonds. The quantitative estimate of drug-likeness (QED) is 0.772. The van der Waals surface area contributed by atoms with Gasteiger partial charge in [-0.2, -0.15) is 11.8 Å². The molecule has 1 fully saturated rings. The molecule has 3 nitrogen and oxygen atoms in total. The third-order valence-corrected chi connectivity index (χ3v) is 4.20. The van der Waals surface area contributed by atoms with E-state index in [1.807, 2.05) is 18.7 Å². The van der Waals surface area contributed by atoms with Crippen LogP contribution in [0, 0.1) is 0 Å². The molecule has 1 rings (SSSR count). The average Bonchev–Trinajstić information content (AvgIpc) is 2.26. The molecule has 0 saturated carbocycles. The Morgan fingerprint density at radius 2 is 2.33 bits per heavy atom. The Balaban J connectivity index is 2.54. The molecule has 4 heteroatoms. The molecule has 0 aromatic rings. The van der Waals surface area contributed by atoms with Crippen LogP contribution in [0.4, 0.5) is 0 Å². The van der Waals surface area contributed by atoms with Crippen LogP contribution in [0.1, 0.15) is 20.8 Å². The minimum atomic E-state index is 0.0191. The van der Waals surface area contributed by atoms with Crippen LogP contribution >= 0.6 is 11.8 Å². The molecule has 2 unspecified atom stereocenters. The van der Waals surface area contributed by atoms with E-state index >= 15 is 0 Å². The number of thioether (sulfide) groups is 1. The van der Waals surface area contributed by atoms with Crippen LogP contribution in [0.2, 0.25) is 0 Å². The highest BCUT2D eigenvalue weighted by Crippen LogP contribution is 2.24. The standard InChI is InChI=1S/C11H24N2OS/c1-4-14-9-11(3,8-12)13-5-6-15-10(2)7-13/h10H,4-9,12H2,1-3H3. The number of nitrogens with two attached hydrogens (primary N) is 1. The van der Waals surface area contributed by atoms with Crippen molar-refractivity contribution >= 4 is 11.8 Å². The molecule has 1 saturated heterocycles. The van der Waals surface area contributed by atoms with Gasteiger partial charge in [-0.05, 0) is 13.8 Å². The summed E-state index contributed by atoms with van der Waals surface area (Å²) in [7, 11) is 0. The third kappa shape index (κ3) is 3.63. The second kappa shape index (κ2) is 6.09. The summed E-state index contributed by atoms with van der Waals surface area (Å²) in [5, 5.41) is 0.714. The number of hydrogen-bond donors (Lipinski definition) is 1. The Hall–Kier alpha value is 0.230. The molecule has 90 valence electrons. The van der Waals surface area contributed by atoms with Gasteiger partial charge in [-0.25, -0.2) is 0 Å². The number of ether oxygens (including phenoxy) is 1. The summed E-state index contributed by atoms with van der Waals surface area (Å²) in [6.45, 7) is 11.0. The Bertz CT molecular complexity index is 191. The third-order valence-electron chi connectivity index (χ3n) is 3.06. The zero-order chi connectivity index (χ0) is 11.3. The van der Waals surface area contributed by atoms with Crippen LogP contribution in [-0.4, -0.2) is 54.3 Å². The van der Waals surface area contributed by atoms with E-state index in [1.165, 1.54) is 5.75 Å². The largest absolute Gasteiger partial charge is 0.380 e. The highest BCUT2D eigenvalue weighted by molar-refractivity contribution is 7.99. The van der Waals surface area contributed by atoms with Crippen molar-refractivity contribution < 1.29 is 4.74 Å². The maximum absolute atomic E-state index is 5.90. The van der Waals surface area contributed by atoms with Crippen LogP contribution < -0.4 is 5.73 Å². The van der Waals surface area contributed by atoms with E-state index in [9.17, 15) is 0 Å². The van der Waals surface area contributed by atoms with Crippen molar-refractivity contribution in [2.45, 2.75) is 31.6 Å². The Labute approximate surface area is 97.7 Å². The smallest absolute Gasteiger partial charge is 0.0659 e. The van der Waals surface area contributed by atoms with Gasteiger partial charge in [-0.1, -0.05) is 6.92 Å². The second-order valence-corrected chi connectivity index (χ2v) is 6.01. The van der Waals surface area contributed by atoms with Crippen LogP contribution in [0.3, 0.4) is 0 Å². The molecule has 2 atom stereocenters. The molecule has 1 aliphatic heterocycles. The maximum atomic E-state index is 5.90. The predicted molar refractivity (Wildman–Crippen MR) is 67.4 cm³/mol. The van der Waals surface area contributed by atoms with E-state index in [-0.39, 0.29) is 5.54 Å². The molecule has 0 aliphatic carbocycles. The summed E-state index contributed by atoms with van der Waals surface area (Å²) < 4.78 is 5.55. The highest BCUT2D eigenvalue weighted by Gasteiger charge is 2.33. The van der Waals surface area contributed by atoms with Crippen molar-refractivity contribution in [3.05, 3.63) is 0 Å². The summed E-state index contributed by atoms with van der Waals surface area (Å²) in [6, 6.07) is 0. The molecular weight excluding hydrogens is 208 g/mol. The lowest BCUT2D eigenvalue weighted by atomic mass is 10.0. The van der Waals surface area contributed by atoms with Gasteiger partial charge in [0, 0.05) is 37.2 Å². The first-order valence-corrected chi connectivity index (χ1v) is 6.81. The van der Waals surface area contributed by atoms with Crippen LogP contribution in [-0.2, 0) is 4.74 Å². The number of hydrogen-bond acceptors (Lipinski definition) is 4. The van der Waals surface area contributed by atoms with E-state index in [4.69, 9.17) is 10.5 Å². The summed E-state index contributed by atoms with van der Waals surface area (Å²) in [6.07, 6.45) is 0.